The van der Waals surface area contributed by atoms with Crippen LogP contribution in [0.15, 0.2) is 4.99 Å². The molecule has 0 aromatic carbocycles. The van der Waals surface area contributed by atoms with E-state index in [-0.39, 0.29) is 12.2 Å². The van der Waals surface area contributed by atoms with E-state index in [1.165, 1.54) is 0 Å². The van der Waals surface area contributed by atoms with Crippen LogP contribution in [0.3, 0.4) is 0 Å². The van der Waals surface area contributed by atoms with Crippen LogP contribution in [0.5, 0.6) is 0 Å². The summed E-state index contributed by atoms with van der Waals surface area (Å²) < 4.78 is 5.40. The van der Waals surface area contributed by atoms with Gasteiger partial charge in [0.25, 0.3) is 0 Å². The van der Waals surface area contributed by atoms with Crippen LogP contribution in [0.1, 0.15) is 46.5 Å². The highest BCUT2D eigenvalue weighted by atomic mass is 16.6. The van der Waals surface area contributed by atoms with Crippen molar-refractivity contribution < 1.29 is 14.6 Å². The lowest BCUT2D eigenvalue weighted by Gasteiger charge is -2.32. The largest absolute Gasteiger partial charge is 0.444 e. The van der Waals surface area contributed by atoms with E-state index in [0.717, 1.165) is 31.5 Å². The zero-order valence-electron chi connectivity index (χ0n) is 13.3. The number of carbonyl (C=O) groups is 1. The third-order valence-electron chi connectivity index (χ3n) is 3.73. The summed E-state index contributed by atoms with van der Waals surface area (Å²) in [5, 5.41) is 12.9. The SMILES string of the molecule is CC(C)(C)OC(=O)N1CCN=C(NC2CCC(O)CC2)C1. The average Bonchev–Trinajstić information content (AvgIpc) is 2.40. The molecule has 1 aliphatic heterocycles. The summed E-state index contributed by atoms with van der Waals surface area (Å²) in [6, 6.07) is 0.353. The van der Waals surface area contributed by atoms with Gasteiger partial charge < -0.3 is 15.2 Å². The fourth-order valence-electron chi connectivity index (χ4n) is 2.64. The highest BCUT2D eigenvalue weighted by molar-refractivity contribution is 5.88. The lowest BCUT2D eigenvalue weighted by molar-refractivity contribution is 0.0275. The van der Waals surface area contributed by atoms with Gasteiger partial charge in [0.15, 0.2) is 0 Å². The highest BCUT2D eigenvalue weighted by Gasteiger charge is 2.26. The number of nitrogens with zero attached hydrogens (tertiary/aromatic N) is 2. The predicted octanol–water partition coefficient (Wildman–Crippen LogP) is 1.53. The third kappa shape index (κ3) is 5.19. The van der Waals surface area contributed by atoms with Gasteiger partial charge in [-0.3, -0.25) is 9.89 Å². The summed E-state index contributed by atoms with van der Waals surface area (Å²) in [7, 11) is 0. The summed E-state index contributed by atoms with van der Waals surface area (Å²) in [4.78, 5) is 18.2. The predicted molar refractivity (Wildman–Crippen MR) is 81.5 cm³/mol. The van der Waals surface area contributed by atoms with Crippen molar-refractivity contribution in [1.82, 2.24) is 10.2 Å². The number of hydrogen-bond donors (Lipinski definition) is 2. The molecule has 2 aliphatic rings. The maximum Gasteiger partial charge on any atom is 0.410 e. The van der Waals surface area contributed by atoms with Crippen LogP contribution in [-0.2, 0) is 4.74 Å². The van der Waals surface area contributed by atoms with E-state index < -0.39 is 5.60 Å². The van der Waals surface area contributed by atoms with E-state index in [1.54, 1.807) is 4.90 Å². The standard InChI is InChI=1S/C15H27N3O3/c1-15(2,3)21-14(20)18-9-8-16-13(10-18)17-11-4-6-12(19)7-5-11/h11-12,19H,4-10H2,1-3H3,(H,16,17). The number of amidine groups is 1. The number of ether oxygens (including phenoxy) is 1. The van der Waals surface area contributed by atoms with Crippen molar-refractivity contribution >= 4 is 11.9 Å². The Kier molecular flexibility index (Phi) is 5.08. The number of rotatable bonds is 1. The zero-order valence-corrected chi connectivity index (χ0v) is 13.3. The molecule has 0 unspecified atom stereocenters. The molecule has 1 heterocycles. The number of hydrogen-bond acceptors (Lipinski definition) is 5. The minimum Gasteiger partial charge on any atom is -0.444 e. The lowest BCUT2D eigenvalue weighted by Crippen LogP contribution is -2.50. The minimum atomic E-state index is -0.473. The Labute approximate surface area is 126 Å². The number of aliphatic hydroxyl groups is 1. The molecule has 120 valence electrons. The molecule has 0 radical (unpaired) electrons. The molecule has 0 aromatic heterocycles. The maximum atomic E-state index is 12.1. The second-order valence-electron chi connectivity index (χ2n) is 6.88. The van der Waals surface area contributed by atoms with Gasteiger partial charge in [0.2, 0.25) is 0 Å². The first-order valence-electron chi connectivity index (χ1n) is 7.79. The number of nitrogens with one attached hydrogen (secondary N) is 1. The summed E-state index contributed by atoms with van der Waals surface area (Å²) in [6.45, 7) is 7.30. The molecule has 1 fully saturated rings. The van der Waals surface area contributed by atoms with Gasteiger partial charge in [0.05, 0.1) is 19.2 Å². The van der Waals surface area contributed by atoms with Gasteiger partial charge in [0, 0.05) is 12.6 Å². The van der Waals surface area contributed by atoms with Crippen molar-refractivity contribution in [2.45, 2.75) is 64.2 Å². The van der Waals surface area contributed by atoms with Crippen LogP contribution >= 0.6 is 0 Å². The Morgan fingerprint density at radius 3 is 2.62 bits per heavy atom. The Hall–Kier alpha value is -1.30. The smallest absolute Gasteiger partial charge is 0.410 e. The monoisotopic (exact) mass is 297 g/mol. The molecule has 0 aromatic rings. The normalized spacial score (nSPS) is 27.0. The number of carbonyl (C=O) groups excluding carboxylic acids is 1. The van der Waals surface area contributed by atoms with Gasteiger partial charge in [-0.2, -0.15) is 0 Å². The molecule has 0 spiro atoms. The number of aliphatic hydroxyl groups excluding tert-OH is 1. The Balaban J connectivity index is 1.83. The molecule has 1 saturated carbocycles. The van der Waals surface area contributed by atoms with Gasteiger partial charge in [-0.05, 0) is 46.5 Å². The van der Waals surface area contributed by atoms with E-state index in [4.69, 9.17) is 4.74 Å². The second kappa shape index (κ2) is 6.64. The van der Waals surface area contributed by atoms with Crippen molar-refractivity contribution in [1.29, 1.82) is 0 Å². The second-order valence-corrected chi connectivity index (χ2v) is 6.88. The summed E-state index contributed by atoms with van der Waals surface area (Å²) in [5.74, 6) is 0.855. The van der Waals surface area contributed by atoms with Crippen molar-refractivity contribution in [2.75, 3.05) is 19.6 Å². The fourth-order valence-corrected chi connectivity index (χ4v) is 2.64. The molecule has 1 amide bonds. The molecule has 0 saturated heterocycles. The van der Waals surface area contributed by atoms with Crippen LogP contribution in [0.2, 0.25) is 0 Å². The van der Waals surface area contributed by atoms with Crippen molar-refractivity contribution in [3.05, 3.63) is 0 Å². The van der Waals surface area contributed by atoms with Crippen LogP contribution in [0.4, 0.5) is 4.79 Å². The topological polar surface area (TPSA) is 74.2 Å². The van der Waals surface area contributed by atoms with Crippen molar-refractivity contribution in [3.8, 4) is 0 Å². The average molecular weight is 297 g/mol. The van der Waals surface area contributed by atoms with E-state index in [9.17, 15) is 9.90 Å². The van der Waals surface area contributed by atoms with Gasteiger partial charge in [0.1, 0.15) is 11.4 Å². The zero-order chi connectivity index (χ0) is 15.5. The number of aliphatic imine (C=N–C) groups is 1. The lowest BCUT2D eigenvalue weighted by atomic mass is 9.93. The van der Waals surface area contributed by atoms with E-state index in [1.807, 2.05) is 20.8 Å². The molecule has 21 heavy (non-hydrogen) atoms. The van der Waals surface area contributed by atoms with Crippen molar-refractivity contribution in [2.24, 2.45) is 4.99 Å². The van der Waals surface area contributed by atoms with Crippen LogP contribution in [0, 0.1) is 0 Å². The van der Waals surface area contributed by atoms with Crippen LogP contribution in [-0.4, -0.2) is 59.3 Å². The van der Waals surface area contributed by atoms with Gasteiger partial charge in [-0.1, -0.05) is 0 Å². The molecule has 6 heteroatoms. The molecule has 0 atom stereocenters. The maximum absolute atomic E-state index is 12.1. The van der Waals surface area contributed by atoms with E-state index in [2.05, 4.69) is 10.3 Å². The fraction of sp³-hybridized carbons (Fsp3) is 0.867. The molecular formula is C15H27N3O3. The first-order valence-corrected chi connectivity index (χ1v) is 7.79. The molecule has 0 bridgehead atoms. The Morgan fingerprint density at radius 2 is 2.00 bits per heavy atom. The van der Waals surface area contributed by atoms with Gasteiger partial charge >= 0.3 is 6.09 Å². The quantitative estimate of drug-likeness (QED) is 0.770. The Morgan fingerprint density at radius 1 is 1.33 bits per heavy atom. The summed E-state index contributed by atoms with van der Waals surface area (Å²) >= 11 is 0. The Bertz CT molecular complexity index is 395. The molecular weight excluding hydrogens is 270 g/mol. The van der Waals surface area contributed by atoms with Crippen molar-refractivity contribution in [3.63, 3.8) is 0 Å². The molecule has 1 aliphatic carbocycles. The van der Waals surface area contributed by atoms with Crippen LogP contribution in [0.25, 0.3) is 0 Å². The highest BCUT2D eigenvalue weighted by Crippen LogP contribution is 2.18. The van der Waals surface area contributed by atoms with E-state index in [0.29, 0.717) is 25.7 Å². The number of amides is 1. The molecule has 6 nitrogen and oxygen atoms in total. The van der Waals surface area contributed by atoms with E-state index >= 15 is 0 Å². The minimum absolute atomic E-state index is 0.158. The summed E-state index contributed by atoms with van der Waals surface area (Å²) in [5.41, 5.74) is -0.473. The summed E-state index contributed by atoms with van der Waals surface area (Å²) in [6.07, 6.45) is 3.13. The molecule has 2 N–H and O–H groups in total. The third-order valence-corrected chi connectivity index (χ3v) is 3.73. The van der Waals surface area contributed by atoms with Gasteiger partial charge in [-0.15, -0.1) is 0 Å². The van der Waals surface area contributed by atoms with Gasteiger partial charge in [-0.25, -0.2) is 4.79 Å². The first kappa shape index (κ1) is 16.1. The molecule has 2 rings (SSSR count). The first-order chi connectivity index (χ1) is 9.83. The van der Waals surface area contributed by atoms with Crippen LogP contribution < -0.4 is 5.32 Å².